The number of benzene rings is 2. The number of rotatable bonds is 10. The molecule has 0 spiro atoms. The van der Waals surface area contributed by atoms with Crippen molar-refractivity contribution < 1.29 is 18.1 Å². The molecule has 1 saturated heterocycles. The van der Waals surface area contributed by atoms with Crippen molar-refractivity contribution in [2.24, 2.45) is 0 Å². The largest absolute Gasteiger partial charge is 0.456 e. The molecule has 12 heteroatoms. The summed E-state index contributed by atoms with van der Waals surface area (Å²) in [5, 5.41) is 12.0. The van der Waals surface area contributed by atoms with Gasteiger partial charge in [0.2, 0.25) is 10.0 Å². The lowest BCUT2D eigenvalue weighted by Crippen LogP contribution is -2.50. The number of nitrogens with zero attached hydrogens (tertiary/aromatic N) is 4. The average molecular weight is 531 g/mol. The van der Waals surface area contributed by atoms with Crippen LogP contribution in [0.25, 0.3) is 0 Å². The molecule has 0 unspecified atom stereocenters. The SMILES string of the molecule is CCN(CC)CCN1CCN(S(=O)(=O)c2cc([N+](=O)[O-])ccc2Oc2cc(Cl)cc(Cl)c2)CC1. The number of nitro groups is 1. The van der Waals surface area contributed by atoms with Crippen molar-refractivity contribution in [1.29, 1.82) is 0 Å². The van der Waals surface area contributed by atoms with Crippen LogP contribution < -0.4 is 4.74 Å². The Morgan fingerprint density at radius 1 is 1.03 bits per heavy atom. The molecule has 0 atom stereocenters. The summed E-state index contributed by atoms with van der Waals surface area (Å²) in [4.78, 5) is 15.0. The summed E-state index contributed by atoms with van der Waals surface area (Å²) in [6.07, 6.45) is 0. The van der Waals surface area contributed by atoms with Crippen molar-refractivity contribution in [3.63, 3.8) is 0 Å². The van der Waals surface area contributed by atoms with Gasteiger partial charge >= 0.3 is 0 Å². The lowest BCUT2D eigenvalue weighted by molar-refractivity contribution is -0.385. The van der Waals surface area contributed by atoms with E-state index in [1.165, 1.54) is 34.6 Å². The van der Waals surface area contributed by atoms with E-state index in [1.54, 1.807) is 0 Å². The minimum absolute atomic E-state index is 0.0344. The van der Waals surface area contributed by atoms with Crippen molar-refractivity contribution in [2.75, 3.05) is 52.4 Å². The molecule has 1 heterocycles. The van der Waals surface area contributed by atoms with E-state index in [0.29, 0.717) is 23.1 Å². The van der Waals surface area contributed by atoms with E-state index < -0.39 is 14.9 Å². The van der Waals surface area contributed by atoms with Gasteiger partial charge in [0.1, 0.15) is 16.4 Å². The fourth-order valence-electron chi connectivity index (χ4n) is 3.77. The predicted octanol–water partition coefficient (Wildman–Crippen LogP) is 4.34. The van der Waals surface area contributed by atoms with Crippen molar-refractivity contribution in [2.45, 2.75) is 18.7 Å². The van der Waals surface area contributed by atoms with Crippen molar-refractivity contribution in [3.8, 4) is 11.5 Å². The fourth-order valence-corrected chi connectivity index (χ4v) is 5.83. The third-order valence-corrected chi connectivity index (χ3v) is 8.13. The van der Waals surface area contributed by atoms with Crippen LogP contribution in [0.3, 0.4) is 0 Å². The monoisotopic (exact) mass is 530 g/mol. The van der Waals surface area contributed by atoms with Gasteiger partial charge in [-0.05, 0) is 37.4 Å². The van der Waals surface area contributed by atoms with Crippen LogP contribution in [0.1, 0.15) is 13.8 Å². The lowest BCUT2D eigenvalue weighted by Gasteiger charge is -2.35. The number of hydrogen-bond donors (Lipinski definition) is 0. The molecule has 0 saturated carbocycles. The molecule has 0 N–H and O–H groups in total. The topological polar surface area (TPSA) is 96.2 Å². The second-order valence-electron chi connectivity index (χ2n) is 7.87. The van der Waals surface area contributed by atoms with Crippen LogP contribution in [0.4, 0.5) is 5.69 Å². The zero-order valence-electron chi connectivity index (χ0n) is 19.1. The van der Waals surface area contributed by atoms with Gasteiger partial charge in [-0.2, -0.15) is 4.31 Å². The zero-order chi connectivity index (χ0) is 24.9. The average Bonchev–Trinajstić information content (AvgIpc) is 2.79. The molecule has 1 aliphatic rings. The summed E-state index contributed by atoms with van der Waals surface area (Å²) in [6.45, 7) is 9.67. The van der Waals surface area contributed by atoms with Crippen LogP contribution in [0, 0.1) is 10.1 Å². The first kappa shape index (κ1) is 26.7. The molecule has 1 aliphatic heterocycles. The third-order valence-electron chi connectivity index (χ3n) is 5.78. The van der Waals surface area contributed by atoms with Crippen molar-refractivity contribution >= 4 is 38.9 Å². The number of piperazine rings is 1. The second-order valence-corrected chi connectivity index (χ2v) is 10.6. The first-order valence-electron chi connectivity index (χ1n) is 11.0. The molecule has 0 aromatic heterocycles. The Morgan fingerprint density at radius 3 is 2.21 bits per heavy atom. The van der Waals surface area contributed by atoms with Gasteiger partial charge in [0.25, 0.3) is 5.69 Å². The van der Waals surface area contributed by atoms with Gasteiger partial charge in [0, 0.05) is 61.4 Å². The quantitative estimate of drug-likeness (QED) is 0.332. The molecule has 0 amide bonds. The van der Waals surface area contributed by atoms with Gasteiger partial charge in [-0.3, -0.25) is 15.0 Å². The summed E-state index contributed by atoms with van der Waals surface area (Å²) in [5.41, 5.74) is -0.340. The smallest absolute Gasteiger partial charge is 0.271 e. The van der Waals surface area contributed by atoms with Gasteiger partial charge in [-0.1, -0.05) is 37.0 Å². The number of hydrogen-bond acceptors (Lipinski definition) is 7. The molecular weight excluding hydrogens is 503 g/mol. The van der Waals surface area contributed by atoms with Crippen LogP contribution in [0.15, 0.2) is 41.3 Å². The number of sulfonamides is 1. The third kappa shape index (κ3) is 6.59. The number of nitro benzene ring substituents is 1. The summed E-state index contributed by atoms with van der Waals surface area (Å²) in [5.74, 6) is 0.192. The number of halogens is 2. The maximum atomic E-state index is 13.5. The first-order chi connectivity index (χ1) is 16.1. The molecule has 2 aromatic carbocycles. The normalized spacial score (nSPS) is 15.6. The van der Waals surface area contributed by atoms with Gasteiger partial charge in [-0.15, -0.1) is 0 Å². The molecule has 3 rings (SSSR count). The Kier molecular flexibility index (Phi) is 9.14. The lowest BCUT2D eigenvalue weighted by atomic mass is 10.3. The van der Waals surface area contributed by atoms with Crippen LogP contribution in [0.2, 0.25) is 10.0 Å². The molecule has 0 aliphatic carbocycles. The van der Waals surface area contributed by atoms with Crippen molar-refractivity contribution in [1.82, 2.24) is 14.1 Å². The highest BCUT2D eigenvalue weighted by Crippen LogP contribution is 2.36. The van der Waals surface area contributed by atoms with Gasteiger partial charge in [-0.25, -0.2) is 8.42 Å². The highest BCUT2D eigenvalue weighted by molar-refractivity contribution is 7.89. The van der Waals surface area contributed by atoms with E-state index in [4.69, 9.17) is 27.9 Å². The van der Waals surface area contributed by atoms with E-state index in [2.05, 4.69) is 23.6 Å². The second kappa shape index (κ2) is 11.7. The van der Waals surface area contributed by atoms with Gasteiger partial charge < -0.3 is 9.64 Å². The van der Waals surface area contributed by atoms with E-state index in [9.17, 15) is 18.5 Å². The fraction of sp³-hybridized carbons (Fsp3) is 0.455. The first-order valence-corrected chi connectivity index (χ1v) is 13.2. The molecule has 2 aromatic rings. The molecule has 34 heavy (non-hydrogen) atoms. The summed E-state index contributed by atoms with van der Waals surface area (Å²) >= 11 is 12.0. The zero-order valence-corrected chi connectivity index (χ0v) is 21.4. The Balaban J connectivity index is 1.82. The summed E-state index contributed by atoms with van der Waals surface area (Å²) in [6, 6.07) is 8.00. The van der Waals surface area contributed by atoms with E-state index in [1.807, 2.05) is 0 Å². The van der Waals surface area contributed by atoms with E-state index >= 15 is 0 Å². The predicted molar refractivity (Wildman–Crippen MR) is 133 cm³/mol. The van der Waals surface area contributed by atoms with Crippen molar-refractivity contribution in [3.05, 3.63) is 56.6 Å². The molecule has 0 radical (unpaired) electrons. The molecular formula is C22H28Cl2N4O5S. The summed E-state index contributed by atoms with van der Waals surface area (Å²) < 4.78 is 34.2. The van der Waals surface area contributed by atoms with Gasteiger partial charge in [0.15, 0.2) is 0 Å². The molecule has 186 valence electrons. The number of non-ortho nitro benzene ring substituents is 1. The van der Waals surface area contributed by atoms with E-state index in [-0.39, 0.29) is 35.2 Å². The summed E-state index contributed by atoms with van der Waals surface area (Å²) in [7, 11) is -4.05. The highest BCUT2D eigenvalue weighted by atomic mass is 35.5. The molecule has 0 bridgehead atoms. The standard InChI is InChI=1S/C22H28Cl2N4O5S/c1-3-25(4-2)7-8-26-9-11-27(12-10-26)34(31,32)22-16-19(28(29)30)5-6-21(22)33-20-14-17(23)13-18(24)15-20/h5-6,13-16H,3-4,7-12H2,1-2H3. The Labute approximate surface area is 210 Å². The Bertz CT molecular complexity index is 1100. The maximum Gasteiger partial charge on any atom is 0.271 e. The van der Waals surface area contributed by atoms with Crippen LogP contribution in [-0.2, 0) is 10.0 Å². The Morgan fingerprint density at radius 2 is 1.65 bits per heavy atom. The highest BCUT2D eigenvalue weighted by Gasteiger charge is 2.32. The van der Waals surface area contributed by atoms with Crippen LogP contribution in [0.5, 0.6) is 11.5 Å². The molecule has 9 nitrogen and oxygen atoms in total. The molecule has 1 fully saturated rings. The maximum absolute atomic E-state index is 13.5. The minimum atomic E-state index is -4.05. The van der Waals surface area contributed by atoms with Crippen LogP contribution >= 0.6 is 23.2 Å². The minimum Gasteiger partial charge on any atom is -0.456 e. The number of likely N-dealkylation sites (N-methyl/N-ethyl adjacent to an activating group) is 1. The van der Waals surface area contributed by atoms with Crippen LogP contribution in [-0.4, -0.2) is 79.8 Å². The Hall–Kier alpha value is -1.95. The number of ether oxygens (including phenoxy) is 1. The van der Waals surface area contributed by atoms with E-state index in [0.717, 1.165) is 32.2 Å². The van der Waals surface area contributed by atoms with Gasteiger partial charge in [0.05, 0.1) is 4.92 Å².